The Bertz CT molecular complexity index is 2120. The van der Waals surface area contributed by atoms with E-state index in [1.165, 1.54) is 52.6 Å². The monoisotopic (exact) mass is 696 g/mol. The maximum absolute atomic E-state index is 15.1. The normalized spacial score (nSPS) is 12.5. The van der Waals surface area contributed by atoms with Crippen molar-refractivity contribution in [2.75, 3.05) is 0 Å². The van der Waals surface area contributed by atoms with Gasteiger partial charge in [-0.25, -0.2) is 0 Å². The van der Waals surface area contributed by atoms with Crippen molar-refractivity contribution in [2.45, 2.75) is 65.4 Å². The first-order chi connectivity index (χ1) is 23.3. The van der Waals surface area contributed by atoms with Crippen molar-refractivity contribution < 1.29 is 9.59 Å². The standard InChI is InChI=1S/C42H32O2S4/c1-42(2,3)27-19-21-31(22-20-27)48-35-26-25-34(47-30-17-11-6-12-18-30)38-39(35)41(44)37-33(46-29-15-9-5-10-16-29)24-23-32(36(37)40(38)43)45-28-13-7-4-8-14-28/h4-26H,1-3H3. The van der Waals surface area contributed by atoms with E-state index < -0.39 is 0 Å². The summed E-state index contributed by atoms with van der Waals surface area (Å²) in [5, 5.41) is 0. The topological polar surface area (TPSA) is 34.1 Å². The van der Waals surface area contributed by atoms with E-state index in [9.17, 15) is 0 Å². The van der Waals surface area contributed by atoms with Gasteiger partial charge < -0.3 is 0 Å². The summed E-state index contributed by atoms with van der Waals surface area (Å²) in [6.45, 7) is 6.60. The van der Waals surface area contributed by atoms with Crippen LogP contribution in [-0.2, 0) is 5.41 Å². The molecule has 0 bridgehead atoms. The molecule has 0 aliphatic heterocycles. The van der Waals surface area contributed by atoms with Gasteiger partial charge in [0, 0.05) is 61.4 Å². The van der Waals surface area contributed by atoms with Gasteiger partial charge in [-0.1, -0.05) is 135 Å². The van der Waals surface area contributed by atoms with Crippen LogP contribution in [0.2, 0.25) is 0 Å². The Morgan fingerprint density at radius 1 is 0.354 bits per heavy atom. The van der Waals surface area contributed by atoms with E-state index >= 15 is 9.59 Å². The molecule has 236 valence electrons. The van der Waals surface area contributed by atoms with E-state index in [2.05, 4.69) is 45.0 Å². The summed E-state index contributed by atoms with van der Waals surface area (Å²) in [7, 11) is 0. The minimum atomic E-state index is -0.113. The molecule has 0 spiro atoms. The molecule has 1 aliphatic carbocycles. The number of hydrogen-bond acceptors (Lipinski definition) is 6. The fourth-order valence-corrected chi connectivity index (χ4v) is 9.52. The Morgan fingerprint density at radius 2 is 0.625 bits per heavy atom. The second-order valence-corrected chi connectivity index (χ2v) is 16.9. The molecule has 0 aromatic heterocycles. The Morgan fingerprint density at radius 3 is 0.896 bits per heavy atom. The third kappa shape index (κ3) is 6.81. The molecule has 7 rings (SSSR count). The van der Waals surface area contributed by atoms with E-state index in [0.29, 0.717) is 22.3 Å². The van der Waals surface area contributed by atoms with Crippen LogP contribution in [0.4, 0.5) is 0 Å². The largest absolute Gasteiger partial charge is 0.288 e. The summed E-state index contributed by atoms with van der Waals surface area (Å²) in [6, 6.07) is 46.6. The maximum Gasteiger partial charge on any atom is 0.196 e. The quantitative estimate of drug-likeness (QED) is 0.157. The Labute approximate surface area is 299 Å². The number of fused-ring (bicyclic) bond motifs is 2. The van der Waals surface area contributed by atoms with Gasteiger partial charge in [0.25, 0.3) is 0 Å². The SMILES string of the molecule is CC(C)(C)c1ccc(Sc2ccc(Sc3ccccc3)c3c2C(=O)c2c(Sc4ccccc4)ccc(Sc4ccccc4)c2C3=O)cc1. The van der Waals surface area contributed by atoms with E-state index in [0.717, 1.165) is 39.2 Å². The zero-order valence-electron chi connectivity index (χ0n) is 26.7. The fraction of sp³-hybridized carbons (Fsp3) is 0.0952. The smallest absolute Gasteiger partial charge is 0.196 e. The number of rotatable bonds is 8. The first-order valence-electron chi connectivity index (χ1n) is 15.7. The minimum Gasteiger partial charge on any atom is -0.288 e. The summed E-state index contributed by atoms with van der Waals surface area (Å²) in [6.07, 6.45) is 0. The molecule has 0 heterocycles. The van der Waals surface area contributed by atoms with E-state index in [4.69, 9.17) is 0 Å². The van der Waals surface area contributed by atoms with Crippen molar-refractivity contribution in [3.8, 4) is 0 Å². The number of carbonyl (C=O) groups excluding carboxylic acids is 2. The number of ketones is 2. The molecule has 0 amide bonds. The van der Waals surface area contributed by atoms with Crippen molar-refractivity contribution >= 4 is 58.6 Å². The van der Waals surface area contributed by atoms with Gasteiger partial charge in [0.2, 0.25) is 0 Å². The zero-order chi connectivity index (χ0) is 33.3. The second-order valence-electron chi connectivity index (χ2n) is 12.4. The van der Waals surface area contributed by atoms with E-state index in [1.807, 2.05) is 115 Å². The van der Waals surface area contributed by atoms with Crippen LogP contribution in [0.25, 0.3) is 0 Å². The van der Waals surface area contributed by atoms with Gasteiger partial charge >= 0.3 is 0 Å². The Kier molecular flexibility index (Phi) is 9.43. The lowest BCUT2D eigenvalue weighted by molar-refractivity contribution is 0.0970. The van der Waals surface area contributed by atoms with Crippen LogP contribution in [0.3, 0.4) is 0 Å². The summed E-state index contributed by atoms with van der Waals surface area (Å²) >= 11 is 6.11. The van der Waals surface area contributed by atoms with Gasteiger partial charge in [0.15, 0.2) is 11.6 Å². The summed E-state index contributed by atoms with van der Waals surface area (Å²) in [5.41, 5.74) is 3.20. The number of benzene rings is 6. The van der Waals surface area contributed by atoms with Crippen LogP contribution in [0.15, 0.2) is 179 Å². The highest BCUT2D eigenvalue weighted by Crippen LogP contribution is 2.48. The van der Waals surface area contributed by atoms with Crippen LogP contribution in [0.5, 0.6) is 0 Å². The van der Waals surface area contributed by atoms with Crippen molar-refractivity contribution in [3.63, 3.8) is 0 Å². The zero-order valence-corrected chi connectivity index (χ0v) is 30.0. The predicted octanol–water partition coefficient (Wildman–Crippen LogP) is 12.4. The third-order valence-electron chi connectivity index (χ3n) is 8.03. The van der Waals surface area contributed by atoms with Crippen LogP contribution in [-0.4, -0.2) is 11.6 Å². The maximum atomic E-state index is 15.1. The van der Waals surface area contributed by atoms with E-state index in [1.54, 1.807) is 0 Å². The molecule has 0 unspecified atom stereocenters. The summed E-state index contributed by atoms with van der Waals surface area (Å²) in [5.74, 6) is -0.227. The van der Waals surface area contributed by atoms with Crippen LogP contribution in [0.1, 0.15) is 58.2 Å². The van der Waals surface area contributed by atoms with E-state index in [-0.39, 0.29) is 17.0 Å². The molecule has 0 radical (unpaired) electrons. The summed E-state index contributed by atoms with van der Waals surface area (Å²) < 4.78 is 0. The highest BCUT2D eigenvalue weighted by Gasteiger charge is 2.38. The van der Waals surface area contributed by atoms with Crippen molar-refractivity contribution in [2.24, 2.45) is 0 Å². The molecule has 6 aromatic carbocycles. The van der Waals surface area contributed by atoms with Gasteiger partial charge in [0.1, 0.15) is 0 Å². The molecular formula is C42H32O2S4. The highest BCUT2D eigenvalue weighted by atomic mass is 32.2. The minimum absolute atomic E-state index is 0.0348. The molecular weight excluding hydrogens is 665 g/mol. The Balaban J connectivity index is 1.40. The number of carbonyl (C=O) groups is 2. The molecule has 0 atom stereocenters. The van der Waals surface area contributed by atoms with Gasteiger partial charge in [-0.15, -0.1) is 0 Å². The molecule has 6 aromatic rings. The molecule has 0 N–H and O–H groups in total. The first-order valence-corrected chi connectivity index (χ1v) is 18.9. The van der Waals surface area contributed by atoms with Crippen molar-refractivity contribution in [1.82, 2.24) is 0 Å². The average molecular weight is 697 g/mol. The molecule has 2 nitrogen and oxygen atoms in total. The first kappa shape index (κ1) is 32.6. The van der Waals surface area contributed by atoms with Crippen LogP contribution < -0.4 is 0 Å². The Hall–Kier alpha value is -3.94. The van der Waals surface area contributed by atoms with Crippen LogP contribution >= 0.6 is 47.0 Å². The van der Waals surface area contributed by atoms with Gasteiger partial charge in [-0.3, -0.25) is 9.59 Å². The van der Waals surface area contributed by atoms with Crippen molar-refractivity contribution in [1.29, 1.82) is 0 Å². The summed E-state index contributed by atoms with van der Waals surface area (Å²) in [4.78, 5) is 37.3. The molecule has 6 heteroatoms. The van der Waals surface area contributed by atoms with Gasteiger partial charge in [0.05, 0.1) is 0 Å². The average Bonchev–Trinajstić information content (AvgIpc) is 3.09. The number of hydrogen-bond donors (Lipinski definition) is 0. The lowest BCUT2D eigenvalue weighted by Gasteiger charge is -2.26. The van der Waals surface area contributed by atoms with Crippen molar-refractivity contribution in [3.05, 3.63) is 167 Å². The lowest BCUT2D eigenvalue weighted by Crippen LogP contribution is -2.24. The molecule has 1 aliphatic rings. The lowest BCUT2D eigenvalue weighted by atomic mass is 9.84. The molecule has 0 fully saturated rings. The molecule has 0 saturated heterocycles. The van der Waals surface area contributed by atoms with Gasteiger partial charge in [-0.05, 0) is 83.8 Å². The second kappa shape index (κ2) is 13.9. The predicted molar refractivity (Wildman–Crippen MR) is 201 cm³/mol. The fourth-order valence-electron chi connectivity index (χ4n) is 5.62. The van der Waals surface area contributed by atoms with Crippen LogP contribution in [0, 0.1) is 0 Å². The highest BCUT2D eigenvalue weighted by molar-refractivity contribution is 8.00. The third-order valence-corrected chi connectivity index (χ3v) is 12.3. The molecule has 0 saturated carbocycles. The van der Waals surface area contributed by atoms with Gasteiger partial charge in [-0.2, -0.15) is 0 Å². The molecule has 48 heavy (non-hydrogen) atoms.